The molecule has 0 saturated heterocycles. The van der Waals surface area contributed by atoms with Gasteiger partial charge in [-0.25, -0.2) is 4.99 Å². The highest BCUT2D eigenvalue weighted by Gasteiger charge is 2.02. The molecule has 0 heterocycles. The molecule has 1 aromatic carbocycles. The standard InChI is InChI=1S/C13H17NO2S2/c1-16-13-6-4-12(5-7-13)10-18(15)9-3-2-8-14-11-17/h4-7H,2-3,8-10H2,1H3. The average Bonchev–Trinajstić information content (AvgIpc) is 2.39. The third-order valence-electron chi connectivity index (χ3n) is 2.44. The van der Waals surface area contributed by atoms with Gasteiger partial charge in [0, 0.05) is 28.9 Å². The van der Waals surface area contributed by atoms with E-state index in [1.54, 1.807) is 7.11 Å². The van der Waals surface area contributed by atoms with E-state index in [1.165, 1.54) is 0 Å². The van der Waals surface area contributed by atoms with Gasteiger partial charge in [0.05, 0.1) is 12.3 Å². The van der Waals surface area contributed by atoms with E-state index in [4.69, 9.17) is 4.74 Å². The third kappa shape index (κ3) is 6.05. The van der Waals surface area contributed by atoms with Gasteiger partial charge >= 0.3 is 0 Å². The molecular formula is C13H17NO2S2. The molecule has 0 N–H and O–H groups in total. The lowest BCUT2D eigenvalue weighted by Gasteiger charge is -2.03. The number of hydrogen-bond donors (Lipinski definition) is 0. The number of hydrogen-bond acceptors (Lipinski definition) is 4. The number of methoxy groups -OCH3 is 1. The summed E-state index contributed by atoms with van der Waals surface area (Å²) in [6, 6.07) is 7.68. The number of thiocarbonyl (C=S) groups is 1. The Hall–Kier alpha value is -1.03. The molecule has 0 amide bonds. The van der Waals surface area contributed by atoms with Crippen LogP contribution in [-0.2, 0) is 16.6 Å². The Balaban J connectivity index is 2.28. The first-order valence-corrected chi connectivity index (χ1v) is 7.67. The summed E-state index contributed by atoms with van der Waals surface area (Å²) < 4.78 is 16.9. The molecule has 0 aromatic heterocycles. The van der Waals surface area contributed by atoms with Crippen molar-refractivity contribution in [3.8, 4) is 5.75 Å². The smallest absolute Gasteiger partial charge is 0.118 e. The third-order valence-corrected chi connectivity index (χ3v) is 3.97. The number of ether oxygens (including phenoxy) is 1. The van der Waals surface area contributed by atoms with Gasteiger partial charge in [-0.2, -0.15) is 0 Å². The van der Waals surface area contributed by atoms with Crippen LogP contribution >= 0.6 is 12.2 Å². The van der Waals surface area contributed by atoms with E-state index in [0.717, 1.165) is 24.2 Å². The van der Waals surface area contributed by atoms with Gasteiger partial charge in [0.2, 0.25) is 0 Å². The fourth-order valence-electron chi connectivity index (χ4n) is 1.48. The maximum atomic E-state index is 11.8. The molecule has 0 aliphatic rings. The number of aliphatic imine (C=N–C) groups is 1. The van der Waals surface area contributed by atoms with Crippen LogP contribution in [0.25, 0.3) is 0 Å². The first kappa shape index (κ1) is 15.0. The molecule has 1 unspecified atom stereocenters. The lowest BCUT2D eigenvalue weighted by molar-refractivity contribution is 0.414. The monoisotopic (exact) mass is 283 g/mol. The molecule has 98 valence electrons. The van der Waals surface area contributed by atoms with Crippen LogP contribution in [0.2, 0.25) is 0 Å². The van der Waals surface area contributed by atoms with E-state index in [-0.39, 0.29) is 0 Å². The molecule has 3 nitrogen and oxygen atoms in total. The Kier molecular flexibility index (Phi) is 7.49. The summed E-state index contributed by atoms with van der Waals surface area (Å²) in [5.41, 5.74) is 1.08. The lowest BCUT2D eigenvalue weighted by atomic mass is 10.2. The molecule has 1 atom stereocenters. The highest BCUT2D eigenvalue weighted by molar-refractivity contribution is 7.84. The zero-order chi connectivity index (χ0) is 13.2. The molecular weight excluding hydrogens is 266 g/mol. The van der Waals surface area contributed by atoms with Crippen LogP contribution in [-0.4, -0.2) is 28.8 Å². The highest BCUT2D eigenvalue weighted by atomic mass is 32.2. The largest absolute Gasteiger partial charge is 0.497 e. The fourth-order valence-corrected chi connectivity index (χ4v) is 2.81. The van der Waals surface area contributed by atoms with Gasteiger partial charge < -0.3 is 4.74 Å². The molecule has 1 rings (SSSR count). The summed E-state index contributed by atoms with van der Waals surface area (Å²) in [5, 5.41) is 2.33. The predicted molar refractivity (Wildman–Crippen MR) is 78.8 cm³/mol. The molecule has 5 heteroatoms. The Labute approximate surface area is 116 Å². The zero-order valence-electron chi connectivity index (χ0n) is 10.4. The van der Waals surface area contributed by atoms with E-state index in [0.29, 0.717) is 18.1 Å². The topological polar surface area (TPSA) is 38.7 Å². The van der Waals surface area contributed by atoms with Crippen LogP contribution in [0.3, 0.4) is 0 Å². The van der Waals surface area contributed by atoms with Gasteiger partial charge in [-0.3, -0.25) is 4.21 Å². The number of rotatable bonds is 8. The first-order chi connectivity index (χ1) is 8.76. The molecule has 0 aliphatic heterocycles. The van der Waals surface area contributed by atoms with Crippen molar-refractivity contribution in [1.29, 1.82) is 0 Å². The van der Waals surface area contributed by atoms with E-state index >= 15 is 0 Å². The van der Waals surface area contributed by atoms with Crippen LogP contribution in [0.5, 0.6) is 5.75 Å². The average molecular weight is 283 g/mol. The van der Waals surface area contributed by atoms with E-state index in [1.807, 2.05) is 24.3 Å². The minimum atomic E-state index is -0.814. The maximum Gasteiger partial charge on any atom is 0.118 e. The van der Waals surface area contributed by atoms with Crippen LogP contribution in [0.1, 0.15) is 18.4 Å². The Morgan fingerprint density at radius 3 is 2.67 bits per heavy atom. The summed E-state index contributed by atoms with van der Waals surface area (Å²) in [6.07, 6.45) is 1.82. The van der Waals surface area contributed by atoms with Crippen molar-refractivity contribution < 1.29 is 8.95 Å². The Morgan fingerprint density at radius 1 is 1.33 bits per heavy atom. The van der Waals surface area contributed by atoms with Gasteiger partial charge in [0.1, 0.15) is 5.75 Å². The van der Waals surface area contributed by atoms with Crippen molar-refractivity contribution >= 4 is 28.2 Å². The highest BCUT2D eigenvalue weighted by Crippen LogP contribution is 2.13. The van der Waals surface area contributed by atoms with Crippen LogP contribution < -0.4 is 4.74 Å². The second kappa shape index (κ2) is 8.97. The predicted octanol–water partition coefficient (Wildman–Crippen LogP) is 2.83. The summed E-state index contributed by atoms with van der Waals surface area (Å²) in [7, 11) is 0.821. The summed E-state index contributed by atoms with van der Waals surface area (Å²) in [5.74, 6) is 2.13. The van der Waals surface area contributed by atoms with Crippen molar-refractivity contribution in [3.63, 3.8) is 0 Å². The molecule has 0 aliphatic carbocycles. The molecule has 0 bridgehead atoms. The maximum absolute atomic E-state index is 11.8. The van der Waals surface area contributed by atoms with Gasteiger partial charge in [0.15, 0.2) is 0 Å². The zero-order valence-corrected chi connectivity index (χ0v) is 12.1. The molecule has 18 heavy (non-hydrogen) atoms. The van der Waals surface area contributed by atoms with Gasteiger partial charge in [-0.1, -0.05) is 12.1 Å². The number of nitrogens with zero attached hydrogens (tertiary/aromatic N) is 1. The van der Waals surface area contributed by atoms with Crippen molar-refractivity contribution in [2.24, 2.45) is 4.99 Å². The Bertz CT molecular complexity index is 425. The lowest BCUT2D eigenvalue weighted by Crippen LogP contribution is -2.01. The quantitative estimate of drug-likeness (QED) is 0.418. The van der Waals surface area contributed by atoms with Crippen molar-refractivity contribution in [2.75, 3.05) is 19.4 Å². The molecule has 0 saturated carbocycles. The van der Waals surface area contributed by atoms with E-state index in [9.17, 15) is 4.21 Å². The molecule has 0 fully saturated rings. The van der Waals surface area contributed by atoms with Crippen molar-refractivity contribution in [2.45, 2.75) is 18.6 Å². The van der Waals surface area contributed by atoms with E-state index < -0.39 is 10.8 Å². The molecule has 0 spiro atoms. The first-order valence-electron chi connectivity index (χ1n) is 5.78. The summed E-state index contributed by atoms with van der Waals surface area (Å²) in [6.45, 7) is 0.684. The van der Waals surface area contributed by atoms with Crippen LogP contribution in [0.4, 0.5) is 0 Å². The van der Waals surface area contributed by atoms with Gasteiger partial charge in [-0.05, 0) is 42.8 Å². The van der Waals surface area contributed by atoms with E-state index in [2.05, 4.69) is 22.4 Å². The SMILES string of the molecule is COc1ccc(CS(=O)CCCCN=C=S)cc1. The van der Waals surface area contributed by atoms with Crippen LogP contribution in [0, 0.1) is 0 Å². The van der Waals surface area contributed by atoms with Gasteiger partial charge in [-0.15, -0.1) is 0 Å². The molecule has 0 radical (unpaired) electrons. The number of benzene rings is 1. The molecule has 1 aromatic rings. The number of unbranched alkanes of at least 4 members (excludes halogenated alkanes) is 1. The van der Waals surface area contributed by atoms with Gasteiger partial charge in [0.25, 0.3) is 0 Å². The van der Waals surface area contributed by atoms with Crippen LogP contribution in [0.15, 0.2) is 29.3 Å². The van der Waals surface area contributed by atoms with Crippen molar-refractivity contribution in [3.05, 3.63) is 29.8 Å². The normalized spacial score (nSPS) is 11.6. The summed E-state index contributed by atoms with van der Waals surface area (Å²) in [4.78, 5) is 3.82. The number of isothiocyanates is 1. The fraction of sp³-hybridized carbons (Fsp3) is 0.462. The minimum Gasteiger partial charge on any atom is -0.497 e. The second-order valence-corrected chi connectivity index (χ2v) is 5.58. The second-order valence-electron chi connectivity index (χ2n) is 3.82. The summed E-state index contributed by atoms with van der Waals surface area (Å²) >= 11 is 4.47. The van der Waals surface area contributed by atoms with Crippen molar-refractivity contribution in [1.82, 2.24) is 0 Å². The Morgan fingerprint density at radius 2 is 2.06 bits per heavy atom. The minimum absolute atomic E-state index is 0.598.